The number of rotatable bonds is 5. The third-order valence-corrected chi connectivity index (χ3v) is 2.80. The second-order valence-electron chi connectivity index (χ2n) is 4.03. The summed E-state index contributed by atoms with van der Waals surface area (Å²) in [5, 5.41) is 9.29. The maximum Gasteiger partial charge on any atom is 0.223 e. The molecule has 1 amide bonds. The maximum atomic E-state index is 11.9. The fraction of sp³-hybridized carbons (Fsp3) is 0.429. The van der Waals surface area contributed by atoms with Gasteiger partial charge in [-0.15, -0.1) is 0 Å². The largest absolute Gasteiger partial charge is 0.496 e. The van der Waals surface area contributed by atoms with Crippen molar-refractivity contribution in [2.75, 3.05) is 14.2 Å². The molecule has 0 saturated heterocycles. The molecule has 0 saturated carbocycles. The minimum Gasteiger partial charge on any atom is -0.496 e. The maximum absolute atomic E-state index is 11.9. The second-order valence-corrected chi connectivity index (χ2v) is 4.03. The summed E-state index contributed by atoms with van der Waals surface area (Å²) in [5.74, 6) is 0.593. The molecule has 0 fully saturated rings. The molecule has 1 atom stereocenters. The molecular formula is C14H18N2O2. The summed E-state index contributed by atoms with van der Waals surface area (Å²) >= 11 is 0. The molecule has 0 radical (unpaired) electrons. The molecule has 1 rings (SSSR count). The third kappa shape index (κ3) is 3.01. The average Bonchev–Trinajstić information content (AvgIpc) is 2.40. The normalized spacial score (nSPS) is 11.4. The van der Waals surface area contributed by atoms with E-state index in [9.17, 15) is 10.1 Å². The van der Waals surface area contributed by atoms with Crippen LogP contribution in [0.4, 0.5) is 0 Å². The summed E-state index contributed by atoms with van der Waals surface area (Å²) in [4.78, 5) is 13.3. The molecule has 96 valence electrons. The van der Waals surface area contributed by atoms with E-state index in [0.717, 1.165) is 12.0 Å². The number of ether oxygens (including phenoxy) is 1. The van der Waals surface area contributed by atoms with Gasteiger partial charge in [-0.25, -0.2) is 0 Å². The number of benzene rings is 1. The van der Waals surface area contributed by atoms with Crippen molar-refractivity contribution in [3.63, 3.8) is 0 Å². The number of carbonyl (C=O) groups excluding carboxylic acids is 1. The fourth-order valence-corrected chi connectivity index (χ4v) is 1.79. The van der Waals surface area contributed by atoms with Crippen LogP contribution in [-0.2, 0) is 4.79 Å². The number of amides is 1. The first-order valence-corrected chi connectivity index (χ1v) is 5.93. The molecule has 1 unspecified atom stereocenters. The molecule has 0 aliphatic rings. The number of nitriles is 1. The van der Waals surface area contributed by atoms with Gasteiger partial charge in [0.1, 0.15) is 11.8 Å². The van der Waals surface area contributed by atoms with Crippen molar-refractivity contribution in [3.05, 3.63) is 29.8 Å². The molecule has 0 bridgehead atoms. The van der Waals surface area contributed by atoms with Crippen LogP contribution in [0.1, 0.15) is 31.4 Å². The zero-order valence-corrected chi connectivity index (χ0v) is 11.0. The number of para-hydroxylation sites is 1. The van der Waals surface area contributed by atoms with Crippen LogP contribution in [-0.4, -0.2) is 25.0 Å². The number of hydrogen-bond donors (Lipinski definition) is 0. The summed E-state index contributed by atoms with van der Waals surface area (Å²) in [6.07, 6.45) is 1.22. The van der Waals surface area contributed by atoms with Gasteiger partial charge < -0.3 is 9.64 Å². The Bertz CT molecular complexity index is 451. The molecule has 0 aromatic heterocycles. The quantitative estimate of drug-likeness (QED) is 0.802. The lowest BCUT2D eigenvalue weighted by atomic mass is 10.1. The lowest BCUT2D eigenvalue weighted by Gasteiger charge is -2.24. The van der Waals surface area contributed by atoms with E-state index in [1.165, 1.54) is 4.90 Å². The Labute approximate surface area is 108 Å². The SMILES string of the molecule is CCCC(=O)N(C)C(C#N)c1ccccc1OC. The van der Waals surface area contributed by atoms with Crippen LogP contribution in [0.5, 0.6) is 5.75 Å². The van der Waals surface area contributed by atoms with Crippen LogP contribution in [0.15, 0.2) is 24.3 Å². The van der Waals surface area contributed by atoms with Crippen LogP contribution < -0.4 is 4.74 Å². The molecule has 1 aromatic carbocycles. The van der Waals surface area contributed by atoms with Gasteiger partial charge in [0.25, 0.3) is 0 Å². The molecule has 4 heteroatoms. The van der Waals surface area contributed by atoms with E-state index in [4.69, 9.17) is 4.74 Å². The van der Waals surface area contributed by atoms with Gasteiger partial charge in [-0.1, -0.05) is 25.1 Å². The van der Waals surface area contributed by atoms with Crippen molar-refractivity contribution in [3.8, 4) is 11.8 Å². The van der Waals surface area contributed by atoms with E-state index in [2.05, 4.69) is 6.07 Å². The van der Waals surface area contributed by atoms with Crippen molar-refractivity contribution in [1.82, 2.24) is 4.90 Å². The van der Waals surface area contributed by atoms with E-state index in [1.54, 1.807) is 20.2 Å². The average molecular weight is 246 g/mol. The Morgan fingerprint density at radius 1 is 1.50 bits per heavy atom. The minimum atomic E-state index is -0.611. The first-order chi connectivity index (χ1) is 8.65. The van der Waals surface area contributed by atoms with Gasteiger partial charge in [0.2, 0.25) is 5.91 Å². The van der Waals surface area contributed by atoms with Gasteiger partial charge in [0, 0.05) is 19.0 Å². The highest BCUT2D eigenvalue weighted by Gasteiger charge is 2.23. The van der Waals surface area contributed by atoms with Crippen LogP contribution in [0.2, 0.25) is 0 Å². The van der Waals surface area contributed by atoms with Crippen LogP contribution >= 0.6 is 0 Å². The van der Waals surface area contributed by atoms with Crippen LogP contribution in [0.3, 0.4) is 0 Å². The summed E-state index contributed by atoms with van der Waals surface area (Å²) in [6.45, 7) is 1.94. The van der Waals surface area contributed by atoms with Gasteiger partial charge in [0.15, 0.2) is 0 Å². The topological polar surface area (TPSA) is 53.3 Å². The molecule has 1 aromatic rings. The first-order valence-electron chi connectivity index (χ1n) is 5.93. The van der Waals surface area contributed by atoms with E-state index in [1.807, 2.05) is 25.1 Å². The Morgan fingerprint density at radius 3 is 2.72 bits per heavy atom. The molecule has 0 N–H and O–H groups in total. The summed E-state index contributed by atoms with van der Waals surface area (Å²) < 4.78 is 5.23. The number of methoxy groups -OCH3 is 1. The standard InChI is InChI=1S/C14H18N2O2/c1-4-7-14(17)16(2)12(10-15)11-8-5-6-9-13(11)18-3/h5-6,8-9,12H,4,7H2,1-3H3. The first kappa shape index (κ1) is 14.0. The lowest BCUT2D eigenvalue weighted by molar-refractivity contribution is -0.131. The zero-order chi connectivity index (χ0) is 13.5. The third-order valence-electron chi connectivity index (χ3n) is 2.80. The van der Waals surface area contributed by atoms with Crippen molar-refractivity contribution < 1.29 is 9.53 Å². The van der Waals surface area contributed by atoms with Crippen molar-refractivity contribution in [1.29, 1.82) is 5.26 Å². The van der Waals surface area contributed by atoms with Gasteiger partial charge in [-0.3, -0.25) is 4.79 Å². The van der Waals surface area contributed by atoms with E-state index in [0.29, 0.717) is 12.2 Å². The minimum absolute atomic E-state index is 0.0324. The van der Waals surface area contributed by atoms with Gasteiger partial charge in [0.05, 0.1) is 13.2 Å². The molecular weight excluding hydrogens is 228 g/mol. The Hall–Kier alpha value is -2.02. The molecule has 4 nitrogen and oxygen atoms in total. The monoisotopic (exact) mass is 246 g/mol. The molecule has 0 heterocycles. The number of carbonyl (C=O) groups is 1. The van der Waals surface area contributed by atoms with E-state index < -0.39 is 6.04 Å². The molecule has 0 spiro atoms. The Morgan fingerprint density at radius 2 is 2.17 bits per heavy atom. The Kier molecular flexibility index (Phi) is 5.19. The number of hydrogen-bond acceptors (Lipinski definition) is 3. The number of nitrogens with zero attached hydrogens (tertiary/aromatic N) is 2. The van der Waals surface area contributed by atoms with E-state index >= 15 is 0 Å². The van der Waals surface area contributed by atoms with Gasteiger partial charge in [-0.2, -0.15) is 5.26 Å². The predicted molar refractivity (Wildman–Crippen MR) is 69.0 cm³/mol. The van der Waals surface area contributed by atoms with Crippen molar-refractivity contribution >= 4 is 5.91 Å². The molecule has 0 aliphatic carbocycles. The summed E-state index contributed by atoms with van der Waals surface area (Å²) in [6, 6.07) is 8.82. The lowest BCUT2D eigenvalue weighted by Crippen LogP contribution is -2.30. The van der Waals surface area contributed by atoms with Crippen molar-refractivity contribution in [2.45, 2.75) is 25.8 Å². The highest BCUT2D eigenvalue weighted by molar-refractivity contribution is 5.76. The fourth-order valence-electron chi connectivity index (χ4n) is 1.79. The summed E-state index contributed by atoms with van der Waals surface area (Å²) in [7, 11) is 3.21. The smallest absolute Gasteiger partial charge is 0.223 e. The second kappa shape index (κ2) is 6.65. The van der Waals surface area contributed by atoms with Gasteiger partial charge >= 0.3 is 0 Å². The van der Waals surface area contributed by atoms with Crippen molar-refractivity contribution in [2.24, 2.45) is 0 Å². The Balaban J connectivity index is 3.03. The highest BCUT2D eigenvalue weighted by Crippen LogP contribution is 2.28. The zero-order valence-electron chi connectivity index (χ0n) is 11.0. The van der Waals surface area contributed by atoms with Crippen LogP contribution in [0, 0.1) is 11.3 Å². The summed E-state index contributed by atoms with van der Waals surface area (Å²) in [5.41, 5.74) is 0.717. The molecule has 18 heavy (non-hydrogen) atoms. The predicted octanol–water partition coefficient (Wildman–Crippen LogP) is 2.52. The van der Waals surface area contributed by atoms with Gasteiger partial charge in [-0.05, 0) is 12.5 Å². The molecule has 0 aliphatic heterocycles. The van der Waals surface area contributed by atoms with Crippen LogP contribution in [0.25, 0.3) is 0 Å². The highest BCUT2D eigenvalue weighted by atomic mass is 16.5. The van der Waals surface area contributed by atoms with E-state index in [-0.39, 0.29) is 5.91 Å².